The van der Waals surface area contributed by atoms with Crippen LogP contribution in [-0.2, 0) is 0 Å². The van der Waals surface area contributed by atoms with Crippen LogP contribution in [0.2, 0.25) is 0 Å². The van der Waals surface area contributed by atoms with Crippen LogP contribution >= 0.6 is 0 Å². The third-order valence-electron chi connectivity index (χ3n) is 11.3. The Bertz CT molecular complexity index is 3200. The minimum Gasteiger partial charge on any atom is -0.208 e. The molecule has 1 heterocycles. The molecule has 0 saturated heterocycles. The largest absolute Gasteiger partial charge is 0.208 e. The fraction of sp³-hybridized carbons (Fsp3) is 0. The number of rotatable bonds is 6. The van der Waals surface area contributed by atoms with Gasteiger partial charge in [0.1, 0.15) is 0 Å². The highest BCUT2D eigenvalue weighted by atomic mass is 15.0. The van der Waals surface area contributed by atoms with Gasteiger partial charge < -0.3 is 0 Å². The van der Waals surface area contributed by atoms with Gasteiger partial charge >= 0.3 is 0 Å². The van der Waals surface area contributed by atoms with E-state index in [2.05, 4.69) is 121 Å². The topological polar surface area (TPSA) is 62.5 Å². The van der Waals surface area contributed by atoms with Crippen molar-refractivity contribution >= 4 is 21.5 Å². The Balaban J connectivity index is 1.09. The van der Waals surface area contributed by atoms with Crippen LogP contribution < -0.4 is 0 Å². The summed E-state index contributed by atoms with van der Waals surface area (Å²) in [5.41, 5.74) is 15.1. The molecule has 0 unspecified atom stereocenters. The molecule has 11 rings (SSSR count). The summed E-state index contributed by atoms with van der Waals surface area (Å²) in [7, 11) is 0. The van der Waals surface area contributed by atoms with Crippen LogP contribution in [0.25, 0.3) is 111 Å². The Hall–Kier alpha value is -8.00. The molecule has 1 aromatic heterocycles. The van der Waals surface area contributed by atoms with Crippen LogP contribution in [-0.4, -0.2) is 15.0 Å². The van der Waals surface area contributed by atoms with Crippen LogP contribution in [0, 0.1) is 11.3 Å². The first-order valence-electron chi connectivity index (χ1n) is 19.4. The minimum absolute atomic E-state index is 0.623. The van der Waals surface area contributed by atoms with E-state index >= 15 is 0 Å². The predicted octanol–water partition coefficient (Wildman–Crippen LogP) is 13.7. The molecule has 0 spiro atoms. The van der Waals surface area contributed by atoms with E-state index in [1.54, 1.807) is 0 Å². The summed E-state index contributed by atoms with van der Waals surface area (Å²) in [6.07, 6.45) is 0. The summed E-state index contributed by atoms with van der Waals surface area (Å²) in [5.74, 6) is 1.89. The van der Waals surface area contributed by atoms with E-state index in [1.807, 2.05) is 78.9 Å². The lowest BCUT2D eigenvalue weighted by molar-refractivity contribution is 1.07. The smallest absolute Gasteiger partial charge is 0.164 e. The maximum absolute atomic E-state index is 9.85. The van der Waals surface area contributed by atoms with Crippen molar-refractivity contribution in [1.82, 2.24) is 15.0 Å². The highest BCUT2D eigenvalue weighted by Gasteiger charge is 2.25. The van der Waals surface area contributed by atoms with Crippen molar-refractivity contribution in [3.05, 3.63) is 200 Å². The SMILES string of the molecule is N#Cc1cccc(-c2ccc3c4c(ccc(-c5ccc(-c6cccc(-c7nc(-c8ccccc8)nc(-c8ccccc8)n7)c6)c6ccccc56)c24)-c2ccccc2-3)c1. The average molecular weight is 737 g/mol. The average Bonchev–Trinajstić information content (AvgIpc) is 3.63. The summed E-state index contributed by atoms with van der Waals surface area (Å²) in [5, 5.41) is 14.6. The lowest BCUT2D eigenvalue weighted by atomic mass is 9.85. The number of nitriles is 1. The standard InChI is InChI=1S/C54H32N4/c55-33-34-13-11-18-37(31-34)41-26-28-47-44-23-9-10-24-45(44)48-29-30-49(50(41)51(47)48)46-27-25-40(42-21-7-8-22-43(42)46)38-19-12-20-39(32-38)54-57-52(35-14-3-1-4-15-35)56-53(58-54)36-16-5-2-6-17-36/h1-32H. The molecule has 4 heteroatoms. The van der Waals surface area contributed by atoms with E-state index in [0.29, 0.717) is 23.0 Å². The van der Waals surface area contributed by atoms with Gasteiger partial charge in [-0.2, -0.15) is 5.26 Å². The molecule has 10 aromatic rings. The summed E-state index contributed by atoms with van der Waals surface area (Å²) in [6.45, 7) is 0. The van der Waals surface area contributed by atoms with Crippen molar-refractivity contribution in [2.75, 3.05) is 0 Å². The molecule has 1 aliphatic carbocycles. The van der Waals surface area contributed by atoms with Gasteiger partial charge in [0.25, 0.3) is 0 Å². The summed E-state index contributed by atoms with van der Waals surface area (Å²) in [6, 6.07) is 70.0. The van der Waals surface area contributed by atoms with Crippen molar-refractivity contribution in [1.29, 1.82) is 5.26 Å². The second kappa shape index (κ2) is 13.6. The fourth-order valence-corrected chi connectivity index (χ4v) is 8.67. The van der Waals surface area contributed by atoms with Crippen molar-refractivity contribution < 1.29 is 0 Å². The number of fused-ring (bicyclic) bond motifs is 4. The monoisotopic (exact) mass is 736 g/mol. The van der Waals surface area contributed by atoms with Crippen molar-refractivity contribution in [3.63, 3.8) is 0 Å². The Morgan fingerprint density at radius 1 is 0.293 bits per heavy atom. The third-order valence-corrected chi connectivity index (χ3v) is 11.3. The van der Waals surface area contributed by atoms with Crippen LogP contribution in [0.5, 0.6) is 0 Å². The normalized spacial score (nSPS) is 11.4. The maximum Gasteiger partial charge on any atom is 0.164 e. The van der Waals surface area contributed by atoms with E-state index in [0.717, 1.165) is 60.8 Å². The van der Waals surface area contributed by atoms with E-state index in [4.69, 9.17) is 15.0 Å². The number of aromatic nitrogens is 3. The van der Waals surface area contributed by atoms with Gasteiger partial charge in [-0.1, -0.05) is 176 Å². The Morgan fingerprint density at radius 2 is 0.707 bits per heavy atom. The molecule has 0 radical (unpaired) electrons. The first-order valence-corrected chi connectivity index (χ1v) is 19.4. The molecule has 0 aliphatic heterocycles. The molecule has 4 nitrogen and oxygen atoms in total. The molecule has 0 N–H and O–H groups in total. The minimum atomic E-state index is 0.623. The van der Waals surface area contributed by atoms with Gasteiger partial charge in [0.2, 0.25) is 0 Å². The molecule has 58 heavy (non-hydrogen) atoms. The van der Waals surface area contributed by atoms with Crippen LogP contribution in [0.4, 0.5) is 0 Å². The molecule has 0 amide bonds. The van der Waals surface area contributed by atoms with Gasteiger partial charge in [-0.05, 0) is 95.4 Å². The highest BCUT2D eigenvalue weighted by molar-refractivity contribution is 6.24. The second-order valence-electron chi connectivity index (χ2n) is 14.6. The summed E-state index contributed by atoms with van der Waals surface area (Å²) in [4.78, 5) is 14.9. The van der Waals surface area contributed by atoms with Gasteiger partial charge in [0.05, 0.1) is 11.6 Å². The fourth-order valence-electron chi connectivity index (χ4n) is 8.67. The number of hydrogen-bond donors (Lipinski definition) is 0. The highest BCUT2D eigenvalue weighted by Crippen LogP contribution is 2.52. The first-order chi connectivity index (χ1) is 28.7. The third kappa shape index (κ3) is 5.49. The van der Waals surface area contributed by atoms with Crippen molar-refractivity contribution in [2.45, 2.75) is 0 Å². The number of hydrogen-bond acceptors (Lipinski definition) is 4. The molecule has 0 bridgehead atoms. The molecular weight excluding hydrogens is 705 g/mol. The first kappa shape index (κ1) is 33.3. The van der Waals surface area contributed by atoms with E-state index in [-0.39, 0.29) is 0 Å². The van der Waals surface area contributed by atoms with Gasteiger partial charge in [0, 0.05) is 16.7 Å². The Kier molecular flexibility index (Phi) is 7.84. The maximum atomic E-state index is 9.85. The van der Waals surface area contributed by atoms with Crippen LogP contribution in [0.15, 0.2) is 194 Å². The second-order valence-corrected chi connectivity index (χ2v) is 14.6. The molecule has 9 aromatic carbocycles. The van der Waals surface area contributed by atoms with E-state index in [9.17, 15) is 5.26 Å². The predicted molar refractivity (Wildman–Crippen MR) is 237 cm³/mol. The van der Waals surface area contributed by atoms with Crippen LogP contribution in [0.1, 0.15) is 5.56 Å². The molecule has 0 atom stereocenters. The summed E-state index contributed by atoms with van der Waals surface area (Å²) >= 11 is 0. The zero-order valence-corrected chi connectivity index (χ0v) is 31.3. The van der Waals surface area contributed by atoms with Crippen molar-refractivity contribution in [2.24, 2.45) is 0 Å². The number of benzene rings is 9. The molecular formula is C54H32N4. The molecule has 268 valence electrons. The lowest BCUT2D eigenvalue weighted by Crippen LogP contribution is -2.00. The van der Waals surface area contributed by atoms with E-state index in [1.165, 1.54) is 33.0 Å². The van der Waals surface area contributed by atoms with Gasteiger partial charge in [-0.15, -0.1) is 0 Å². The van der Waals surface area contributed by atoms with E-state index < -0.39 is 0 Å². The number of nitrogens with zero attached hydrogens (tertiary/aromatic N) is 4. The zero-order valence-electron chi connectivity index (χ0n) is 31.3. The van der Waals surface area contributed by atoms with Crippen LogP contribution in [0.3, 0.4) is 0 Å². The molecule has 0 saturated carbocycles. The quantitative estimate of drug-likeness (QED) is 0.170. The Morgan fingerprint density at radius 3 is 1.33 bits per heavy atom. The Labute approximate surface area is 336 Å². The zero-order chi connectivity index (χ0) is 38.6. The van der Waals surface area contributed by atoms with Gasteiger partial charge in [0.15, 0.2) is 17.5 Å². The van der Waals surface area contributed by atoms with Gasteiger partial charge in [-0.3, -0.25) is 0 Å². The van der Waals surface area contributed by atoms with Crippen molar-refractivity contribution in [3.8, 4) is 95.9 Å². The lowest BCUT2D eigenvalue weighted by Gasteiger charge is -2.18. The summed E-state index contributed by atoms with van der Waals surface area (Å²) < 4.78 is 0. The molecule has 1 aliphatic rings. The molecule has 0 fully saturated rings. The van der Waals surface area contributed by atoms with Gasteiger partial charge in [-0.25, -0.2) is 15.0 Å².